The highest BCUT2D eigenvalue weighted by Gasteiger charge is 2.16. The summed E-state index contributed by atoms with van der Waals surface area (Å²) in [5.41, 5.74) is 2.50. The van der Waals surface area contributed by atoms with Crippen molar-refractivity contribution in [1.29, 1.82) is 0 Å². The van der Waals surface area contributed by atoms with E-state index in [9.17, 15) is 0 Å². The van der Waals surface area contributed by atoms with Gasteiger partial charge in [-0.1, -0.05) is 48.5 Å². The van der Waals surface area contributed by atoms with Crippen LogP contribution in [0.2, 0.25) is 19.6 Å². The summed E-state index contributed by atoms with van der Waals surface area (Å²) in [6, 6.07) is 23.4. The Bertz CT molecular complexity index is 757. The fourth-order valence-electron chi connectivity index (χ4n) is 2.45. The number of benzene rings is 3. The lowest BCUT2D eigenvalue weighted by Crippen LogP contribution is -2.29. The molecule has 0 aliphatic rings. The normalized spacial score (nSPS) is 11.6. The van der Waals surface area contributed by atoms with Gasteiger partial charge >= 0.3 is 0 Å². The molecule has 0 unspecified atom stereocenters. The molecule has 0 aliphatic heterocycles. The second-order valence-electron chi connectivity index (χ2n) is 6.30. The maximum atomic E-state index is 6.06. The van der Waals surface area contributed by atoms with Gasteiger partial charge in [0.05, 0.1) is 0 Å². The number of fused-ring (bicyclic) bond motifs is 1. The first kappa shape index (κ1) is 13.9. The van der Waals surface area contributed by atoms with E-state index in [1.54, 1.807) is 0 Å². The third-order valence-electron chi connectivity index (χ3n) is 3.34. The molecule has 0 aromatic heterocycles. The quantitative estimate of drug-likeness (QED) is 0.561. The lowest BCUT2D eigenvalue weighted by Gasteiger charge is -2.19. The number of rotatable bonds is 3. The van der Waals surface area contributed by atoms with Crippen LogP contribution in [-0.2, 0) is 0 Å². The first-order valence-corrected chi connectivity index (χ1v) is 10.7. The maximum absolute atomic E-state index is 6.06. The molecule has 0 spiro atoms. The van der Waals surface area contributed by atoms with Crippen molar-refractivity contribution < 1.29 is 4.43 Å². The molecule has 0 N–H and O–H groups in total. The molecule has 0 amide bonds. The Morgan fingerprint density at radius 1 is 0.667 bits per heavy atom. The van der Waals surface area contributed by atoms with Crippen molar-refractivity contribution in [1.82, 2.24) is 0 Å². The van der Waals surface area contributed by atoms with E-state index in [4.69, 9.17) is 4.43 Å². The van der Waals surface area contributed by atoms with Crippen LogP contribution < -0.4 is 4.43 Å². The van der Waals surface area contributed by atoms with Gasteiger partial charge in [0, 0.05) is 0 Å². The Morgan fingerprint density at radius 2 is 1.33 bits per heavy atom. The van der Waals surface area contributed by atoms with Crippen molar-refractivity contribution >= 4 is 19.1 Å². The second-order valence-corrected chi connectivity index (χ2v) is 10.7. The number of hydrogen-bond donors (Lipinski definition) is 0. The van der Waals surface area contributed by atoms with E-state index in [0.717, 1.165) is 5.75 Å². The Hall–Kier alpha value is -2.06. The average molecular weight is 292 g/mol. The zero-order chi connectivity index (χ0) is 14.9. The summed E-state index contributed by atoms with van der Waals surface area (Å²) >= 11 is 0. The lowest BCUT2D eigenvalue weighted by molar-refractivity contribution is 0.558. The van der Waals surface area contributed by atoms with E-state index in [2.05, 4.69) is 80.3 Å². The molecule has 3 aromatic carbocycles. The number of hydrogen-bond acceptors (Lipinski definition) is 1. The Balaban J connectivity index is 1.99. The fraction of sp³-hybridized carbons (Fsp3) is 0.158. The highest BCUT2D eigenvalue weighted by atomic mass is 28.4. The van der Waals surface area contributed by atoms with Gasteiger partial charge in [-0.15, -0.1) is 0 Å². The molecule has 0 aliphatic carbocycles. The van der Waals surface area contributed by atoms with Crippen molar-refractivity contribution in [2.24, 2.45) is 0 Å². The van der Waals surface area contributed by atoms with Crippen molar-refractivity contribution in [3.8, 4) is 16.9 Å². The van der Waals surface area contributed by atoms with Gasteiger partial charge in [-0.25, -0.2) is 0 Å². The lowest BCUT2D eigenvalue weighted by atomic mass is 10.0. The molecule has 0 saturated heterocycles. The molecule has 0 radical (unpaired) electrons. The molecule has 3 rings (SSSR count). The minimum atomic E-state index is -1.55. The molecule has 3 aromatic rings. The smallest absolute Gasteiger partial charge is 0.242 e. The van der Waals surface area contributed by atoms with Crippen LogP contribution in [0, 0.1) is 0 Å². The third kappa shape index (κ3) is 3.34. The van der Waals surface area contributed by atoms with E-state index in [1.165, 1.54) is 21.9 Å². The Labute approximate surface area is 127 Å². The van der Waals surface area contributed by atoms with Gasteiger partial charge in [-0.05, 0) is 59.7 Å². The molecule has 0 atom stereocenters. The average Bonchev–Trinajstić information content (AvgIpc) is 2.46. The molecule has 0 saturated carbocycles. The van der Waals surface area contributed by atoms with Crippen LogP contribution in [0.4, 0.5) is 0 Å². The van der Waals surface area contributed by atoms with Gasteiger partial charge in [0.25, 0.3) is 0 Å². The predicted molar refractivity (Wildman–Crippen MR) is 93.4 cm³/mol. The first-order chi connectivity index (χ1) is 10.0. The molecule has 0 heterocycles. The minimum Gasteiger partial charge on any atom is -0.544 e. The summed E-state index contributed by atoms with van der Waals surface area (Å²) in [4.78, 5) is 0. The molecule has 2 heteroatoms. The van der Waals surface area contributed by atoms with Crippen LogP contribution in [0.1, 0.15) is 0 Å². The van der Waals surface area contributed by atoms with Gasteiger partial charge in [-0.2, -0.15) is 0 Å². The summed E-state index contributed by atoms with van der Waals surface area (Å²) in [5.74, 6) is 0.981. The SMILES string of the molecule is C[Si](C)(C)Oc1ccc2cc(-c3ccccc3)ccc2c1. The molecule has 21 heavy (non-hydrogen) atoms. The molecular formula is C19H20OSi. The van der Waals surface area contributed by atoms with Gasteiger partial charge in [0.2, 0.25) is 8.32 Å². The van der Waals surface area contributed by atoms with Crippen LogP contribution in [-0.4, -0.2) is 8.32 Å². The highest BCUT2D eigenvalue weighted by molar-refractivity contribution is 6.70. The topological polar surface area (TPSA) is 9.23 Å². The van der Waals surface area contributed by atoms with Crippen molar-refractivity contribution in [3.05, 3.63) is 66.7 Å². The summed E-state index contributed by atoms with van der Waals surface area (Å²) in [7, 11) is -1.55. The van der Waals surface area contributed by atoms with Crippen LogP contribution in [0.3, 0.4) is 0 Å². The van der Waals surface area contributed by atoms with Gasteiger partial charge in [-0.3, -0.25) is 0 Å². The fourth-order valence-corrected chi connectivity index (χ4v) is 3.29. The third-order valence-corrected chi connectivity index (χ3v) is 4.19. The van der Waals surface area contributed by atoms with E-state index in [-0.39, 0.29) is 0 Å². The van der Waals surface area contributed by atoms with E-state index >= 15 is 0 Å². The molecule has 0 bridgehead atoms. The van der Waals surface area contributed by atoms with E-state index in [0.29, 0.717) is 0 Å². The second kappa shape index (κ2) is 5.38. The monoisotopic (exact) mass is 292 g/mol. The standard InChI is InChI=1S/C19H20OSi/c1-21(2,3)20-19-12-11-17-13-16(9-10-18(17)14-19)15-7-5-4-6-8-15/h4-14H,1-3H3. The van der Waals surface area contributed by atoms with E-state index in [1.807, 2.05) is 6.07 Å². The minimum absolute atomic E-state index is 0.981. The van der Waals surface area contributed by atoms with Gasteiger partial charge < -0.3 is 4.43 Å². The van der Waals surface area contributed by atoms with Gasteiger partial charge in [0.15, 0.2) is 0 Å². The van der Waals surface area contributed by atoms with Crippen molar-refractivity contribution in [2.45, 2.75) is 19.6 Å². The molecular weight excluding hydrogens is 272 g/mol. The summed E-state index contributed by atoms with van der Waals surface area (Å²) in [6.45, 7) is 6.61. The zero-order valence-electron chi connectivity index (χ0n) is 12.8. The molecule has 106 valence electrons. The summed E-state index contributed by atoms with van der Waals surface area (Å²) in [5, 5.41) is 2.48. The Morgan fingerprint density at radius 3 is 2.05 bits per heavy atom. The summed E-state index contributed by atoms with van der Waals surface area (Å²) < 4.78 is 6.06. The highest BCUT2D eigenvalue weighted by Crippen LogP contribution is 2.27. The van der Waals surface area contributed by atoms with Crippen molar-refractivity contribution in [2.75, 3.05) is 0 Å². The van der Waals surface area contributed by atoms with Crippen LogP contribution in [0.25, 0.3) is 21.9 Å². The summed E-state index contributed by atoms with van der Waals surface area (Å²) in [6.07, 6.45) is 0. The van der Waals surface area contributed by atoms with E-state index < -0.39 is 8.32 Å². The molecule has 0 fully saturated rings. The van der Waals surface area contributed by atoms with Crippen LogP contribution in [0.15, 0.2) is 66.7 Å². The zero-order valence-corrected chi connectivity index (χ0v) is 13.8. The Kier molecular flexibility index (Phi) is 3.56. The largest absolute Gasteiger partial charge is 0.544 e. The maximum Gasteiger partial charge on any atom is 0.242 e. The van der Waals surface area contributed by atoms with Crippen LogP contribution in [0.5, 0.6) is 5.75 Å². The molecule has 1 nitrogen and oxygen atoms in total. The van der Waals surface area contributed by atoms with Gasteiger partial charge in [0.1, 0.15) is 5.75 Å². The van der Waals surface area contributed by atoms with Crippen LogP contribution >= 0.6 is 0 Å². The predicted octanol–water partition coefficient (Wildman–Crippen LogP) is 5.72. The first-order valence-electron chi connectivity index (χ1n) is 7.29. The van der Waals surface area contributed by atoms with Crippen molar-refractivity contribution in [3.63, 3.8) is 0 Å².